The van der Waals surface area contributed by atoms with E-state index in [2.05, 4.69) is 4.72 Å². The molecule has 0 aromatic heterocycles. The zero-order valence-electron chi connectivity index (χ0n) is 11.1. The van der Waals surface area contributed by atoms with Gasteiger partial charge in [0.1, 0.15) is 10.6 Å². The summed E-state index contributed by atoms with van der Waals surface area (Å²) in [5.41, 5.74) is 5.93. The van der Waals surface area contributed by atoms with E-state index in [1.807, 2.05) is 0 Å². The minimum absolute atomic E-state index is 0.0667. The Morgan fingerprint density at radius 3 is 2.42 bits per heavy atom. The van der Waals surface area contributed by atoms with Gasteiger partial charge in [-0.1, -0.05) is 0 Å². The van der Waals surface area contributed by atoms with Crippen molar-refractivity contribution in [2.24, 2.45) is 0 Å². The van der Waals surface area contributed by atoms with Gasteiger partial charge in [0.2, 0.25) is 10.0 Å². The van der Waals surface area contributed by atoms with Crippen molar-refractivity contribution in [3.8, 4) is 11.5 Å². The van der Waals surface area contributed by atoms with E-state index in [1.165, 1.54) is 33.5 Å². The smallest absolute Gasteiger partial charge is 0.244 e. The third-order valence-corrected chi connectivity index (χ3v) is 3.85. The molecule has 3 N–H and O–H groups in total. The molecule has 7 nitrogen and oxygen atoms in total. The van der Waals surface area contributed by atoms with Crippen LogP contribution in [0.3, 0.4) is 0 Å². The van der Waals surface area contributed by atoms with Crippen molar-refractivity contribution >= 4 is 15.7 Å². The van der Waals surface area contributed by atoms with Crippen molar-refractivity contribution < 1.29 is 22.6 Å². The van der Waals surface area contributed by atoms with E-state index in [4.69, 9.17) is 19.9 Å². The molecule has 108 valence electrons. The highest BCUT2D eigenvalue weighted by atomic mass is 32.2. The lowest BCUT2D eigenvalue weighted by Crippen LogP contribution is -2.27. The van der Waals surface area contributed by atoms with Crippen LogP contribution < -0.4 is 19.9 Å². The first-order valence-electron chi connectivity index (χ1n) is 5.46. The van der Waals surface area contributed by atoms with Gasteiger partial charge in [-0.25, -0.2) is 13.1 Å². The number of hydrogen-bond donors (Lipinski definition) is 2. The normalized spacial score (nSPS) is 11.3. The molecule has 8 heteroatoms. The second kappa shape index (κ2) is 6.60. The maximum atomic E-state index is 12.1. The van der Waals surface area contributed by atoms with Gasteiger partial charge < -0.3 is 19.9 Å². The largest absolute Gasteiger partial charge is 0.497 e. The summed E-state index contributed by atoms with van der Waals surface area (Å²) in [5.74, 6) is 0.427. The topological polar surface area (TPSA) is 99.9 Å². The average molecular weight is 290 g/mol. The molecule has 0 unspecified atom stereocenters. The van der Waals surface area contributed by atoms with E-state index in [-0.39, 0.29) is 29.5 Å². The van der Waals surface area contributed by atoms with Gasteiger partial charge >= 0.3 is 0 Å². The molecule has 1 rings (SSSR count). The quantitative estimate of drug-likeness (QED) is 0.550. The zero-order valence-corrected chi connectivity index (χ0v) is 11.9. The molecule has 0 amide bonds. The van der Waals surface area contributed by atoms with Crippen LogP contribution in [-0.4, -0.2) is 42.9 Å². The Balaban J connectivity index is 3.19. The Labute approximate surface area is 112 Å². The molecule has 0 atom stereocenters. The molecule has 0 aliphatic carbocycles. The molecule has 0 heterocycles. The Kier molecular flexibility index (Phi) is 5.40. The second-order valence-corrected chi connectivity index (χ2v) is 5.37. The van der Waals surface area contributed by atoms with Gasteiger partial charge in [0.15, 0.2) is 5.75 Å². The van der Waals surface area contributed by atoms with Crippen LogP contribution in [0, 0.1) is 0 Å². The number of sulfonamides is 1. The summed E-state index contributed by atoms with van der Waals surface area (Å²) in [7, 11) is 0.519. The van der Waals surface area contributed by atoms with Crippen molar-refractivity contribution in [2.45, 2.75) is 4.90 Å². The van der Waals surface area contributed by atoms with Crippen molar-refractivity contribution in [3.05, 3.63) is 12.1 Å². The molecule has 0 saturated heterocycles. The van der Waals surface area contributed by atoms with E-state index >= 15 is 0 Å². The predicted octanol–water partition coefficient (Wildman–Crippen LogP) is 0.211. The van der Waals surface area contributed by atoms with Crippen LogP contribution in [0.2, 0.25) is 0 Å². The number of methoxy groups -OCH3 is 3. The Morgan fingerprint density at radius 1 is 1.21 bits per heavy atom. The minimum atomic E-state index is -3.75. The molecule has 1 aromatic rings. The Morgan fingerprint density at radius 2 is 1.89 bits per heavy atom. The molecule has 0 aliphatic rings. The van der Waals surface area contributed by atoms with Crippen LogP contribution in [-0.2, 0) is 14.8 Å². The molecule has 1 aromatic carbocycles. The average Bonchev–Trinajstić information content (AvgIpc) is 2.37. The van der Waals surface area contributed by atoms with Gasteiger partial charge in [-0.2, -0.15) is 0 Å². The first-order valence-corrected chi connectivity index (χ1v) is 6.94. The van der Waals surface area contributed by atoms with E-state index in [0.717, 1.165) is 0 Å². The molecule has 0 saturated carbocycles. The molecular weight excluding hydrogens is 272 g/mol. The minimum Gasteiger partial charge on any atom is -0.497 e. The predicted molar refractivity (Wildman–Crippen MR) is 71.0 cm³/mol. The highest BCUT2D eigenvalue weighted by Gasteiger charge is 2.22. The molecule has 0 spiro atoms. The van der Waals surface area contributed by atoms with Crippen LogP contribution in [0.4, 0.5) is 5.69 Å². The molecule has 0 fully saturated rings. The first-order chi connectivity index (χ1) is 8.96. The monoisotopic (exact) mass is 290 g/mol. The number of ether oxygens (including phenoxy) is 3. The first kappa shape index (κ1) is 15.5. The summed E-state index contributed by atoms with van der Waals surface area (Å²) in [6.45, 7) is 0.417. The van der Waals surface area contributed by atoms with Gasteiger partial charge in [-0.3, -0.25) is 0 Å². The highest BCUT2D eigenvalue weighted by molar-refractivity contribution is 7.89. The fourth-order valence-corrected chi connectivity index (χ4v) is 2.71. The van der Waals surface area contributed by atoms with E-state index in [9.17, 15) is 8.42 Å². The summed E-state index contributed by atoms with van der Waals surface area (Å²) >= 11 is 0. The maximum Gasteiger partial charge on any atom is 0.244 e. The maximum absolute atomic E-state index is 12.1. The number of anilines is 1. The van der Waals surface area contributed by atoms with E-state index < -0.39 is 10.0 Å². The Bertz CT molecular complexity index is 530. The van der Waals surface area contributed by atoms with Crippen LogP contribution in [0.5, 0.6) is 11.5 Å². The lowest BCUT2D eigenvalue weighted by molar-refractivity contribution is 0.204. The summed E-state index contributed by atoms with van der Waals surface area (Å²) < 4.78 is 41.5. The third-order valence-electron chi connectivity index (χ3n) is 2.38. The zero-order chi connectivity index (χ0) is 14.5. The van der Waals surface area contributed by atoms with Gasteiger partial charge in [0, 0.05) is 25.8 Å². The van der Waals surface area contributed by atoms with Crippen molar-refractivity contribution in [3.63, 3.8) is 0 Å². The van der Waals surface area contributed by atoms with Crippen molar-refractivity contribution in [2.75, 3.05) is 40.2 Å². The molecule has 19 heavy (non-hydrogen) atoms. The highest BCUT2D eigenvalue weighted by Crippen LogP contribution is 2.34. The van der Waals surface area contributed by atoms with Gasteiger partial charge in [0.05, 0.1) is 26.5 Å². The van der Waals surface area contributed by atoms with E-state index in [0.29, 0.717) is 5.75 Å². The second-order valence-electron chi connectivity index (χ2n) is 3.64. The SMILES string of the molecule is COCCNS(=O)(=O)c1cc(OC)cc(N)c1OC. The lowest BCUT2D eigenvalue weighted by Gasteiger charge is -2.14. The molecule has 0 radical (unpaired) electrons. The number of nitrogens with one attached hydrogen (secondary N) is 1. The molecule has 0 aliphatic heterocycles. The van der Waals surface area contributed by atoms with Crippen LogP contribution in [0.1, 0.15) is 0 Å². The van der Waals surface area contributed by atoms with Crippen LogP contribution >= 0.6 is 0 Å². The third kappa shape index (κ3) is 3.72. The van der Waals surface area contributed by atoms with Crippen LogP contribution in [0.15, 0.2) is 17.0 Å². The summed E-state index contributed by atoms with van der Waals surface area (Å²) in [4.78, 5) is -0.0667. The fourth-order valence-electron chi connectivity index (χ4n) is 1.49. The van der Waals surface area contributed by atoms with Gasteiger partial charge in [-0.05, 0) is 0 Å². The standard InChI is InChI=1S/C11H18N2O5S/c1-16-5-4-13-19(14,15)10-7-8(17-2)6-9(12)11(10)18-3/h6-7,13H,4-5,12H2,1-3H3. The van der Waals surface area contributed by atoms with Crippen molar-refractivity contribution in [1.82, 2.24) is 4.72 Å². The number of benzene rings is 1. The number of hydrogen-bond acceptors (Lipinski definition) is 6. The molecule has 0 bridgehead atoms. The fraction of sp³-hybridized carbons (Fsp3) is 0.455. The summed E-state index contributed by atoms with van der Waals surface area (Å²) in [6.07, 6.45) is 0. The van der Waals surface area contributed by atoms with E-state index in [1.54, 1.807) is 0 Å². The number of nitrogens with two attached hydrogens (primary N) is 1. The lowest BCUT2D eigenvalue weighted by atomic mass is 10.3. The van der Waals surface area contributed by atoms with Gasteiger partial charge in [0.25, 0.3) is 0 Å². The number of nitrogen functional groups attached to an aromatic ring is 1. The van der Waals surface area contributed by atoms with Crippen LogP contribution in [0.25, 0.3) is 0 Å². The summed E-state index contributed by atoms with van der Waals surface area (Å²) in [5, 5.41) is 0. The van der Waals surface area contributed by atoms with Gasteiger partial charge in [-0.15, -0.1) is 0 Å². The summed E-state index contributed by atoms with van der Waals surface area (Å²) in [6, 6.07) is 2.84. The van der Waals surface area contributed by atoms with Crippen molar-refractivity contribution in [1.29, 1.82) is 0 Å². The number of rotatable bonds is 7. The molecular formula is C11H18N2O5S. The Hall–Kier alpha value is -1.51.